The zero-order chi connectivity index (χ0) is 12.9. The van der Waals surface area contributed by atoms with Crippen LogP contribution in [0.5, 0.6) is 0 Å². The number of carbonyl (C=O) groups excluding carboxylic acids is 1. The lowest BCUT2D eigenvalue weighted by Crippen LogP contribution is -2.49. The highest BCUT2D eigenvalue weighted by Gasteiger charge is 2.52. The van der Waals surface area contributed by atoms with Gasteiger partial charge >= 0.3 is 0 Å². The number of carbonyl (C=O) groups is 1. The minimum absolute atomic E-state index is 0.0399. The number of hydrogen-bond donors (Lipinski definition) is 0. The molecule has 1 fully saturated rings. The van der Waals surface area contributed by atoms with Crippen molar-refractivity contribution in [3.8, 4) is 0 Å². The first-order valence-corrected chi connectivity index (χ1v) is 7.53. The van der Waals surface area contributed by atoms with Gasteiger partial charge in [0, 0.05) is 11.2 Å². The third kappa shape index (κ3) is 2.23. The van der Waals surface area contributed by atoms with Crippen molar-refractivity contribution in [1.29, 1.82) is 0 Å². The molecule has 2 aliphatic rings. The molecule has 0 heterocycles. The SMILES string of the molecule is CC1(C)CC(=O)C=C[C@@]12CC[C@](C)(Cl)[C@H](Br)C2. The van der Waals surface area contributed by atoms with E-state index in [-0.39, 0.29) is 21.5 Å². The molecule has 0 unspecified atom stereocenters. The molecular formula is C14H20BrClO. The van der Waals surface area contributed by atoms with Crippen molar-refractivity contribution in [2.45, 2.75) is 56.2 Å². The van der Waals surface area contributed by atoms with Crippen molar-refractivity contribution in [1.82, 2.24) is 0 Å². The second kappa shape index (κ2) is 4.09. The van der Waals surface area contributed by atoms with Crippen LogP contribution in [0.3, 0.4) is 0 Å². The molecule has 0 aromatic carbocycles. The predicted octanol–water partition coefficient (Wildman–Crippen LogP) is 4.47. The predicted molar refractivity (Wildman–Crippen MR) is 75.8 cm³/mol. The van der Waals surface area contributed by atoms with Gasteiger partial charge < -0.3 is 0 Å². The first-order chi connectivity index (χ1) is 7.69. The van der Waals surface area contributed by atoms with Crippen LogP contribution in [0.25, 0.3) is 0 Å². The van der Waals surface area contributed by atoms with Gasteiger partial charge in [0.05, 0.1) is 4.87 Å². The molecule has 0 bridgehead atoms. The van der Waals surface area contributed by atoms with Crippen molar-refractivity contribution in [2.24, 2.45) is 10.8 Å². The van der Waals surface area contributed by atoms with Crippen LogP contribution in [0.4, 0.5) is 0 Å². The van der Waals surface area contributed by atoms with E-state index in [2.05, 4.69) is 42.8 Å². The molecule has 2 aliphatic carbocycles. The van der Waals surface area contributed by atoms with Crippen molar-refractivity contribution in [3.63, 3.8) is 0 Å². The molecule has 96 valence electrons. The molecule has 1 nitrogen and oxygen atoms in total. The monoisotopic (exact) mass is 318 g/mol. The Hall–Kier alpha value is 0.180. The van der Waals surface area contributed by atoms with E-state index < -0.39 is 0 Å². The van der Waals surface area contributed by atoms with Crippen molar-refractivity contribution >= 4 is 33.3 Å². The molecule has 17 heavy (non-hydrogen) atoms. The van der Waals surface area contributed by atoms with Gasteiger partial charge in [-0.15, -0.1) is 11.6 Å². The highest BCUT2D eigenvalue weighted by atomic mass is 79.9. The molecule has 2 rings (SSSR count). The third-order valence-corrected chi connectivity index (χ3v) is 6.86. The largest absolute Gasteiger partial charge is 0.295 e. The lowest BCUT2D eigenvalue weighted by atomic mass is 9.54. The summed E-state index contributed by atoms with van der Waals surface area (Å²) in [6, 6.07) is 0. The first-order valence-electron chi connectivity index (χ1n) is 6.24. The normalized spacial score (nSPS) is 45.2. The molecule has 3 atom stereocenters. The molecule has 0 saturated heterocycles. The minimum atomic E-state index is -0.156. The van der Waals surface area contributed by atoms with E-state index in [0.29, 0.717) is 11.2 Å². The van der Waals surface area contributed by atoms with Crippen LogP contribution in [0, 0.1) is 10.8 Å². The number of alkyl halides is 2. The maximum atomic E-state index is 11.6. The Morgan fingerprint density at radius 3 is 2.53 bits per heavy atom. The van der Waals surface area contributed by atoms with Crippen LogP contribution in [0.1, 0.15) is 46.5 Å². The highest BCUT2D eigenvalue weighted by molar-refractivity contribution is 9.09. The fourth-order valence-corrected chi connectivity index (χ4v) is 4.15. The summed E-state index contributed by atoms with van der Waals surface area (Å²) < 4.78 is 0. The van der Waals surface area contributed by atoms with Crippen LogP contribution in [0.15, 0.2) is 12.2 Å². The van der Waals surface area contributed by atoms with Crippen LogP contribution in [-0.4, -0.2) is 15.5 Å². The number of rotatable bonds is 0. The van der Waals surface area contributed by atoms with E-state index in [4.69, 9.17) is 11.6 Å². The minimum Gasteiger partial charge on any atom is -0.295 e. The van der Waals surface area contributed by atoms with Gasteiger partial charge in [-0.2, -0.15) is 0 Å². The maximum absolute atomic E-state index is 11.6. The summed E-state index contributed by atoms with van der Waals surface area (Å²) in [6.45, 7) is 6.53. The second-order valence-electron chi connectivity index (χ2n) is 6.47. The molecule has 0 aliphatic heterocycles. The molecule has 0 radical (unpaired) electrons. The van der Waals surface area contributed by atoms with E-state index in [1.54, 1.807) is 6.08 Å². The van der Waals surface area contributed by atoms with Crippen molar-refractivity contribution in [3.05, 3.63) is 12.2 Å². The van der Waals surface area contributed by atoms with Gasteiger partial charge in [-0.3, -0.25) is 4.79 Å². The summed E-state index contributed by atoms with van der Waals surface area (Å²) in [5.41, 5.74) is 0.168. The summed E-state index contributed by atoms with van der Waals surface area (Å²) in [5, 5.41) is 0. The Bertz CT molecular complexity index is 372. The fourth-order valence-electron chi connectivity index (χ4n) is 3.17. The Labute approximate surface area is 117 Å². The zero-order valence-corrected chi connectivity index (χ0v) is 13.1. The van der Waals surface area contributed by atoms with Gasteiger partial charge in [-0.05, 0) is 43.1 Å². The third-order valence-electron chi connectivity index (χ3n) is 4.81. The molecule has 1 saturated carbocycles. The van der Waals surface area contributed by atoms with E-state index in [0.717, 1.165) is 19.3 Å². The maximum Gasteiger partial charge on any atom is 0.155 e. The fraction of sp³-hybridized carbons (Fsp3) is 0.786. The summed E-state index contributed by atoms with van der Waals surface area (Å²) >= 11 is 10.2. The summed E-state index contributed by atoms with van der Waals surface area (Å²) in [7, 11) is 0. The Morgan fingerprint density at radius 2 is 2.00 bits per heavy atom. The quantitative estimate of drug-likeness (QED) is 0.602. The lowest BCUT2D eigenvalue weighted by molar-refractivity contribution is -0.119. The molecular weight excluding hydrogens is 300 g/mol. The Kier molecular flexibility index (Phi) is 3.28. The van der Waals surface area contributed by atoms with Gasteiger partial charge in [0.15, 0.2) is 5.78 Å². The van der Waals surface area contributed by atoms with Crippen LogP contribution < -0.4 is 0 Å². The molecule has 0 aromatic heterocycles. The zero-order valence-electron chi connectivity index (χ0n) is 10.7. The summed E-state index contributed by atoms with van der Waals surface area (Å²) in [5.74, 6) is 0.256. The van der Waals surface area contributed by atoms with Gasteiger partial charge in [-0.25, -0.2) is 0 Å². The topological polar surface area (TPSA) is 17.1 Å². The van der Waals surface area contributed by atoms with Gasteiger partial charge in [0.1, 0.15) is 0 Å². The van der Waals surface area contributed by atoms with Gasteiger partial charge in [0.2, 0.25) is 0 Å². The number of halogens is 2. The van der Waals surface area contributed by atoms with Crippen LogP contribution >= 0.6 is 27.5 Å². The molecule has 3 heteroatoms. The van der Waals surface area contributed by atoms with E-state index in [9.17, 15) is 4.79 Å². The highest BCUT2D eigenvalue weighted by Crippen LogP contribution is 2.58. The molecule has 0 N–H and O–H groups in total. The number of allylic oxidation sites excluding steroid dienone is 2. The van der Waals surface area contributed by atoms with Crippen LogP contribution in [-0.2, 0) is 4.79 Å². The second-order valence-corrected chi connectivity index (χ2v) is 8.43. The standard InChI is InChI=1S/C14H20BrClO/c1-12(2)8-10(17)4-5-14(12)7-6-13(3,16)11(15)9-14/h4-5,11H,6-9H2,1-3H3/t11-,13+,14+/m1/s1. The van der Waals surface area contributed by atoms with E-state index in [1.807, 2.05) is 0 Å². The average Bonchev–Trinajstić information content (AvgIpc) is 2.18. The number of hydrogen-bond acceptors (Lipinski definition) is 1. The lowest BCUT2D eigenvalue weighted by Gasteiger charge is -2.53. The van der Waals surface area contributed by atoms with Gasteiger partial charge in [0.25, 0.3) is 0 Å². The summed E-state index contributed by atoms with van der Waals surface area (Å²) in [4.78, 5) is 11.7. The smallest absolute Gasteiger partial charge is 0.155 e. The van der Waals surface area contributed by atoms with Gasteiger partial charge in [-0.1, -0.05) is 35.9 Å². The average molecular weight is 320 g/mol. The molecule has 1 spiro atoms. The molecule has 0 amide bonds. The van der Waals surface area contributed by atoms with Crippen molar-refractivity contribution in [2.75, 3.05) is 0 Å². The van der Waals surface area contributed by atoms with E-state index >= 15 is 0 Å². The van der Waals surface area contributed by atoms with Crippen molar-refractivity contribution < 1.29 is 4.79 Å². The first kappa shape index (κ1) is 13.6. The number of ketones is 1. The Morgan fingerprint density at radius 1 is 1.35 bits per heavy atom. The Balaban J connectivity index is 2.32. The molecule has 0 aromatic rings. The summed E-state index contributed by atoms with van der Waals surface area (Å²) in [6.07, 6.45) is 7.67. The van der Waals surface area contributed by atoms with E-state index in [1.165, 1.54) is 0 Å². The van der Waals surface area contributed by atoms with Crippen LogP contribution in [0.2, 0.25) is 0 Å².